The van der Waals surface area contributed by atoms with E-state index in [-0.39, 0.29) is 0 Å². The van der Waals surface area contributed by atoms with Crippen molar-refractivity contribution in [3.8, 4) is 0 Å². The third-order valence-electron chi connectivity index (χ3n) is 3.07. The molecule has 0 heterocycles. The smallest absolute Gasteiger partial charge is 0.416 e. The average molecular weight is 420 g/mol. The Labute approximate surface area is 149 Å². The molecule has 2 aromatic rings. The first-order valence-electron chi connectivity index (χ1n) is 6.74. The molecule has 2 rings (SSSR count). The number of hydrogen-bond acceptors (Lipinski definition) is 4. The van der Waals surface area contributed by atoms with Crippen molar-refractivity contribution in [2.24, 2.45) is 0 Å². The Morgan fingerprint density at radius 2 is 1.92 bits per heavy atom. The summed E-state index contributed by atoms with van der Waals surface area (Å²) in [4.78, 5) is 12.3. The van der Waals surface area contributed by atoms with Gasteiger partial charge in [0.2, 0.25) is 0 Å². The van der Waals surface area contributed by atoms with Crippen molar-refractivity contribution in [3.63, 3.8) is 0 Å². The van der Waals surface area contributed by atoms with E-state index in [1.54, 1.807) is 24.3 Å². The van der Waals surface area contributed by atoms with Crippen molar-refractivity contribution in [3.05, 3.63) is 64.1 Å². The Balaban J connectivity index is 2.18. The molecule has 1 unspecified atom stereocenters. The standard InChI is InChI=1S/C16H13BrF3NO2S/c1-23-15(22)14(10-4-2-6-12(17)8-10)21-24-13-7-3-5-11(9-13)16(18,19)20/h2-9,14,21H,1H3. The molecule has 0 radical (unpaired) electrons. The molecular formula is C16H13BrF3NO2S. The van der Waals surface area contributed by atoms with Crippen LogP contribution >= 0.6 is 27.9 Å². The number of halogens is 4. The van der Waals surface area contributed by atoms with Crippen molar-refractivity contribution in [1.82, 2.24) is 4.72 Å². The van der Waals surface area contributed by atoms with Gasteiger partial charge in [-0.3, -0.25) is 0 Å². The first-order chi connectivity index (χ1) is 11.3. The van der Waals surface area contributed by atoms with E-state index in [4.69, 9.17) is 4.74 Å². The summed E-state index contributed by atoms with van der Waals surface area (Å²) >= 11 is 4.25. The van der Waals surface area contributed by atoms with Crippen molar-refractivity contribution in [2.45, 2.75) is 17.1 Å². The third kappa shape index (κ3) is 4.99. The van der Waals surface area contributed by atoms with Crippen LogP contribution in [0.4, 0.5) is 13.2 Å². The largest absolute Gasteiger partial charge is 0.468 e. The minimum absolute atomic E-state index is 0.341. The number of hydrogen-bond donors (Lipinski definition) is 1. The number of methoxy groups -OCH3 is 1. The first-order valence-corrected chi connectivity index (χ1v) is 8.35. The summed E-state index contributed by atoms with van der Waals surface area (Å²) in [5, 5.41) is 0. The van der Waals surface area contributed by atoms with E-state index < -0.39 is 23.8 Å². The maximum absolute atomic E-state index is 12.7. The van der Waals surface area contributed by atoms with Crippen LogP contribution in [0.3, 0.4) is 0 Å². The van der Waals surface area contributed by atoms with Crippen LogP contribution < -0.4 is 4.72 Å². The van der Waals surface area contributed by atoms with Crippen LogP contribution in [-0.4, -0.2) is 13.1 Å². The third-order valence-corrected chi connectivity index (χ3v) is 4.41. The number of alkyl halides is 3. The van der Waals surface area contributed by atoms with Crippen LogP contribution in [-0.2, 0) is 15.7 Å². The molecule has 0 fully saturated rings. The van der Waals surface area contributed by atoms with Gasteiger partial charge in [0.25, 0.3) is 0 Å². The van der Waals surface area contributed by atoms with Gasteiger partial charge in [-0.05, 0) is 47.8 Å². The number of benzene rings is 2. The predicted molar refractivity (Wildman–Crippen MR) is 89.3 cm³/mol. The van der Waals surface area contributed by atoms with Gasteiger partial charge in [-0.1, -0.05) is 34.1 Å². The zero-order valence-corrected chi connectivity index (χ0v) is 14.8. The molecular weight excluding hydrogens is 407 g/mol. The average Bonchev–Trinajstić information content (AvgIpc) is 2.54. The Kier molecular flexibility index (Phi) is 6.31. The summed E-state index contributed by atoms with van der Waals surface area (Å²) in [6.07, 6.45) is -4.41. The van der Waals surface area contributed by atoms with Gasteiger partial charge in [-0.2, -0.15) is 13.2 Å². The van der Waals surface area contributed by atoms with Gasteiger partial charge < -0.3 is 4.74 Å². The second kappa shape index (κ2) is 8.04. The van der Waals surface area contributed by atoms with Gasteiger partial charge in [0.15, 0.2) is 0 Å². The minimum Gasteiger partial charge on any atom is -0.468 e. The summed E-state index contributed by atoms with van der Waals surface area (Å²) in [5.41, 5.74) is -0.109. The van der Waals surface area contributed by atoms with Gasteiger partial charge in [-0.15, -0.1) is 0 Å². The Hall–Kier alpha value is -1.51. The van der Waals surface area contributed by atoms with E-state index in [9.17, 15) is 18.0 Å². The molecule has 0 aliphatic heterocycles. The van der Waals surface area contributed by atoms with Gasteiger partial charge in [-0.25, -0.2) is 9.52 Å². The van der Waals surface area contributed by atoms with Gasteiger partial charge in [0, 0.05) is 9.37 Å². The van der Waals surface area contributed by atoms with E-state index in [1.807, 2.05) is 0 Å². The van der Waals surface area contributed by atoms with Crippen LogP contribution in [0, 0.1) is 0 Å². The highest BCUT2D eigenvalue weighted by Gasteiger charge is 2.30. The number of carbonyl (C=O) groups is 1. The summed E-state index contributed by atoms with van der Waals surface area (Å²) in [7, 11) is 1.25. The maximum Gasteiger partial charge on any atom is 0.416 e. The van der Waals surface area contributed by atoms with E-state index in [2.05, 4.69) is 20.7 Å². The summed E-state index contributed by atoms with van der Waals surface area (Å²) < 4.78 is 46.7. The number of ether oxygens (including phenoxy) is 1. The summed E-state index contributed by atoms with van der Waals surface area (Å²) in [5.74, 6) is -0.535. The monoisotopic (exact) mass is 419 g/mol. The molecule has 0 bridgehead atoms. The molecule has 3 nitrogen and oxygen atoms in total. The van der Waals surface area contributed by atoms with E-state index in [0.717, 1.165) is 28.6 Å². The lowest BCUT2D eigenvalue weighted by Crippen LogP contribution is -2.25. The fraction of sp³-hybridized carbons (Fsp3) is 0.188. The molecule has 2 aromatic carbocycles. The van der Waals surface area contributed by atoms with E-state index in [0.29, 0.717) is 10.5 Å². The molecule has 0 aromatic heterocycles. The number of nitrogens with one attached hydrogen (secondary N) is 1. The molecule has 0 aliphatic rings. The van der Waals surface area contributed by atoms with Crippen molar-refractivity contribution in [1.29, 1.82) is 0 Å². The van der Waals surface area contributed by atoms with E-state index >= 15 is 0 Å². The van der Waals surface area contributed by atoms with E-state index in [1.165, 1.54) is 19.2 Å². The zero-order chi connectivity index (χ0) is 17.7. The Morgan fingerprint density at radius 3 is 2.54 bits per heavy atom. The quantitative estimate of drug-likeness (QED) is 0.547. The highest BCUT2D eigenvalue weighted by molar-refractivity contribution is 9.10. The topological polar surface area (TPSA) is 38.3 Å². The Bertz CT molecular complexity index is 724. The normalized spacial score (nSPS) is 12.7. The molecule has 128 valence electrons. The SMILES string of the molecule is COC(=O)C(NSc1cccc(C(F)(F)F)c1)c1cccc(Br)c1. The van der Waals surface area contributed by atoms with Crippen LogP contribution in [0.15, 0.2) is 57.9 Å². The molecule has 0 aliphatic carbocycles. The molecule has 8 heteroatoms. The number of esters is 1. The minimum atomic E-state index is -4.41. The van der Waals surface area contributed by atoms with Crippen LogP contribution in [0.2, 0.25) is 0 Å². The number of carbonyl (C=O) groups excluding carboxylic acids is 1. The lowest BCUT2D eigenvalue weighted by Gasteiger charge is -2.17. The lowest BCUT2D eigenvalue weighted by molar-refractivity contribution is -0.142. The van der Waals surface area contributed by atoms with Gasteiger partial charge in [0.05, 0.1) is 12.7 Å². The predicted octanol–water partition coefficient (Wildman–Crippen LogP) is 4.98. The zero-order valence-electron chi connectivity index (χ0n) is 12.4. The molecule has 0 saturated heterocycles. The van der Waals surface area contributed by atoms with Crippen LogP contribution in [0.5, 0.6) is 0 Å². The maximum atomic E-state index is 12.7. The van der Waals surface area contributed by atoms with Crippen molar-refractivity contribution < 1.29 is 22.7 Å². The Morgan fingerprint density at radius 1 is 1.21 bits per heavy atom. The number of rotatable bonds is 5. The molecule has 0 saturated carbocycles. The lowest BCUT2D eigenvalue weighted by atomic mass is 10.1. The highest BCUT2D eigenvalue weighted by Crippen LogP contribution is 2.32. The fourth-order valence-corrected chi connectivity index (χ4v) is 3.15. The molecule has 0 spiro atoms. The molecule has 1 atom stereocenters. The van der Waals surface area contributed by atoms with Gasteiger partial charge >= 0.3 is 12.1 Å². The first kappa shape index (κ1) is 18.8. The fourth-order valence-electron chi connectivity index (χ4n) is 1.92. The summed E-state index contributed by atoms with van der Waals surface area (Å²) in [6, 6.07) is 11.1. The highest BCUT2D eigenvalue weighted by atomic mass is 79.9. The van der Waals surface area contributed by atoms with Crippen molar-refractivity contribution in [2.75, 3.05) is 7.11 Å². The van der Waals surface area contributed by atoms with Crippen LogP contribution in [0.25, 0.3) is 0 Å². The molecule has 24 heavy (non-hydrogen) atoms. The van der Waals surface area contributed by atoms with Gasteiger partial charge in [0.1, 0.15) is 6.04 Å². The molecule has 0 amide bonds. The van der Waals surface area contributed by atoms with Crippen molar-refractivity contribution >= 4 is 33.8 Å². The summed E-state index contributed by atoms with van der Waals surface area (Å²) in [6.45, 7) is 0. The second-order valence-electron chi connectivity index (χ2n) is 4.76. The second-order valence-corrected chi connectivity index (χ2v) is 6.58. The van der Waals surface area contributed by atoms with Crippen LogP contribution in [0.1, 0.15) is 17.2 Å². The molecule has 1 N–H and O–H groups in total.